The van der Waals surface area contributed by atoms with Crippen LogP contribution < -0.4 is 15.1 Å². The van der Waals surface area contributed by atoms with Crippen molar-refractivity contribution in [2.45, 2.75) is 42.7 Å². The molecule has 4 aliphatic rings. The topological polar surface area (TPSA) is 129 Å². The number of amides is 4. The van der Waals surface area contributed by atoms with E-state index >= 15 is 4.79 Å². The molecule has 3 aromatic carbocycles. The number of para-hydroxylation sites is 1. The van der Waals surface area contributed by atoms with E-state index in [0.29, 0.717) is 27.7 Å². The van der Waals surface area contributed by atoms with Crippen molar-refractivity contribution >= 4 is 58.3 Å². The van der Waals surface area contributed by atoms with E-state index in [9.17, 15) is 59.0 Å². The lowest BCUT2D eigenvalue weighted by Crippen LogP contribution is -2.53. The molecule has 63 heavy (non-hydrogen) atoms. The van der Waals surface area contributed by atoms with Crippen LogP contribution >= 0.6 is 23.2 Å². The zero-order chi connectivity index (χ0) is 45.6. The molecule has 2 saturated heterocycles. The number of fused-ring (bicyclic) bond motifs is 4. The molecular formula is C42H29Cl2F9N4O6. The molecule has 6 atom stereocenters. The lowest BCUT2D eigenvalue weighted by Gasteiger charge is -2.50. The van der Waals surface area contributed by atoms with E-state index < -0.39 is 123 Å². The van der Waals surface area contributed by atoms with Crippen molar-refractivity contribution in [2.24, 2.45) is 23.7 Å². The first-order valence-corrected chi connectivity index (χ1v) is 19.7. The third-order valence-electron chi connectivity index (χ3n) is 12.0. The van der Waals surface area contributed by atoms with Gasteiger partial charge in [0.1, 0.15) is 12.4 Å². The minimum atomic E-state index is -5.31. The SMILES string of the molecule is O=C1[C@@H]2C[C@@H]3C(=CC[C@@H]4C(=O)N(c5cc(C(F)(F)F)cc(C(F)(F)F)c5)C(=O)[C@@H]43)[C@H](c3ccccc3OCCO)[C@]2(c2ccc(Cl)cc2)C(=O)N1Nc1ncc(C(F)(F)F)cc1Cl. The maximum atomic E-state index is 15.4. The maximum absolute atomic E-state index is 15.4. The van der Waals surface area contributed by atoms with Gasteiger partial charge in [0.05, 0.1) is 57.2 Å². The molecule has 0 unspecified atom stereocenters. The normalized spacial score (nSPS) is 24.9. The summed E-state index contributed by atoms with van der Waals surface area (Å²) in [6.45, 7) is -0.723. The average Bonchev–Trinajstić information content (AvgIpc) is 3.60. The number of alkyl halides is 9. The number of aliphatic hydroxyl groups excluding tert-OH is 1. The third kappa shape index (κ3) is 7.26. The molecule has 330 valence electrons. The van der Waals surface area contributed by atoms with Gasteiger partial charge in [-0.25, -0.2) is 9.88 Å². The highest BCUT2D eigenvalue weighted by molar-refractivity contribution is 6.33. The van der Waals surface area contributed by atoms with Gasteiger partial charge in [0, 0.05) is 22.7 Å². The Labute approximate surface area is 360 Å². The zero-order valence-electron chi connectivity index (χ0n) is 31.8. The highest BCUT2D eigenvalue weighted by atomic mass is 35.5. The molecule has 2 N–H and O–H groups in total. The maximum Gasteiger partial charge on any atom is 0.417 e. The molecule has 0 radical (unpaired) electrons. The van der Waals surface area contributed by atoms with Crippen LogP contribution in [0.2, 0.25) is 10.0 Å². The first kappa shape index (κ1) is 44.0. The van der Waals surface area contributed by atoms with Crippen LogP contribution in [0.15, 0.2) is 90.6 Å². The number of aliphatic hydroxyl groups is 1. The van der Waals surface area contributed by atoms with Crippen LogP contribution in [-0.2, 0) is 43.1 Å². The number of carbonyl (C=O) groups is 4. The van der Waals surface area contributed by atoms with Crippen molar-refractivity contribution in [2.75, 3.05) is 23.5 Å². The smallest absolute Gasteiger partial charge is 0.417 e. The fourth-order valence-electron chi connectivity index (χ4n) is 9.46. The van der Waals surface area contributed by atoms with E-state index in [4.69, 9.17) is 27.9 Å². The van der Waals surface area contributed by atoms with Gasteiger partial charge in [-0.05, 0) is 66.8 Å². The van der Waals surface area contributed by atoms with Crippen molar-refractivity contribution in [3.8, 4) is 5.75 Å². The van der Waals surface area contributed by atoms with Crippen LogP contribution in [0.3, 0.4) is 0 Å². The number of pyridine rings is 1. The fraction of sp³-hybridized carbons (Fsp3) is 0.310. The number of imide groups is 2. The lowest BCUT2D eigenvalue weighted by molar-refractivity contribution is -0.143. The number of anilines is 2. The molecule has 0 spiro atoms. The Hall–Kier alpha value is -5.66. The van der Waals surface area contributed by atoms with Gasteiger partial charge in [-0.15, -0.1) is 0 Å². The molecule has 2 aliphatic carbocycles. The standard InChI is InChI=1S/C42H29Cl2F9N4O6/c43-23-7-5-19(6-8-23)39-29(36(60)57(38(39)62)55-34-30(44)16-22(18-54-34)42(51,52)53)17-28-25(33(39)26-3-1-2-4-31(26)63-12-11-58)9-10-27-32(28)37(61)56(35(27)59)24-14-20(40(45,46)47)13-21(15-24)41(48,49)50/h1-9,13-16,18,27-29,32-33,58H,10-12,17H2,(H,54,55)/t27-,28+,29-,32-,33+,39+/m0/s1. The Bertz CT molecular complexity index is 2550. The monoisotopic (exact) mass is 926 g/mol. The minimum Gasteiger partial charge on any atom is -0.491 e. The van der Waals surface area contributed by atoms with Crippen LogP contribution in [0.25, 0.3) is 0 Å². The predicted octanol–water partition coefficient (Wildman–Crippen LogP) is 9.01. The summed E-state index contributed by atoms with van der Waals surface area (Å²) in [5.74, 6) is -11.4. The van der Waals surface area contributed by atoms with Gasteiger partial charge in [0.2, 0.25) is 11.8 Å². The summed E-state index contributed by atoms with van der Waals surface area (Å²) in [6.07, 6.45) is -14.2. The Balaban J connectivity index is 1.31. The number of carbonyl (C=O) groups excluding carboxylic acids is 4. The van der Waals surface area contributed by atoms with Crippen molar-refractivity contribution in [3.63, 3.8) is 0 Å². The third-order valence-corrected chi connectivity index (χ3v) is 12.5. The first-order chi connectivity index (χ1) is 29.6. The Morgan fingerprint density at radius 2 is 1.43 bits per heavy atom. The molecule has 0 bridgehead atoms. The van der Waals surface area contributed by atoms with Gasteiger partial charge < -0.3 is 9.84 Å². The Kier molecular flexibility index (Phi) is 10.9. The molecule has 2 aliphatic heterocycles. The highest BCUT2D eigenvalue weighted by Gasteiger charge is 2.71. The molecule has 3 heterocycles. The Morgan fingerprint density at radius 3 is 2.03 bits per heavy atom. The second kappa shape index (κ2) is 15.5. The summed E-state index contributed by atoms with van der Waals surface area (Å²) in [5.41, 5.74) is -4.58. The molecule has 4 amide bonds. The molecule has 3 fully saturated rings. The molecule has 10 nitrogen and oxygen atoms in total. The molecule has 21 heteroatoms. The number of benzene rings is 3. The average molecular weight is 928 g/mol. The van der Waals surface area contributed by atoms with Gasteiger partial charge >= 0.3 is 18.5 Å². The molecule has 8 rings (SSSR count). The number of allylic oxidation sites excluding steroid dienone is 2. The number of hydrogen-bond donors (Lipinski definition) is 2. The van der Waals surface area contributed by atoms with Gasteiger partial charge in [0.15, 0.2) is 5.82 Å². The van der Waals surface area contributed by atoms with E-state index in [1.807, 2.05) is 0 Å². The summed E-state index contributed by atoms with van der Waals surface area (Å²) < 4.78 is 130. The van der Waals surface area contributed by atoms with Crippen LogP contribution in [0.4, 0.5) is 51.0 Å². The summed E-state index contributed by atoms with van der Waals surface area (Å²) >= 11 is 12.5. The van der Waals surface area contributed by atoms with Crippen molar-refractivity contribution < 1.29 is 68.5 Å². The predicted molar refractivity (Wildman–Crippen MR) is 205 cm³/mol. The lowest BCUT2D eigenvalue weighted by atomic mass is 9.49. The zero-order valence-corrected chi connectivity index (χ0v) is 33.3. The van der Waals surface area contributed by atoms with Crippen LogP contribution in [0, 0.1) is 23.7 Å². The second-order valence-corrected chi connectivity index (χ2v) is 16.1. The van der Waals surface area contributed by atoms with Crippen LogP contribution in [0.5, 0.6) is 5.75 Å². The van der Waals surface area contributed by atoms with E-state index in [1.165, 1.54) is 30.3 Å². The van der Waals surface area contributed by atoms with Gasteiger partial charge in [0.25, 0.3) is 11.8 Å². The summed E-state index contributed by atoms with van der Waals surface area (Å²) in [7, 11) is 0. The molecule has 1 aromatic heterocycles. The van der Waals surface area contributed by atoms with Crippen molar-refractivity contribution in [3.05, 3.63) is 129 Å². The van der Waals surface area contributed by atoms with Crippen molar-refractivity contribution in [1.82, 2.24) is 9.99 Å². The van der Waals surface area contributed by atoms with Gasteiger partial charge in [-0.2, -0.15) is 44.5 Å². The fourth-order valence-corrected chi connectivity index (χ4v) is 9.79. The number of nitrogens with zero attached hydrogens (tertiary/aromatic N) is 3. The van der Waals surface area contributed by atoms with E-state index in [1.54, 1.807) is 24.3 Å². The molecule has 1 saturated carbocycles. The number of ether oxygens (including phenoxy) is 1. The second-order valence-electron chi connectivity index (χ2n) is 15.3. The van der Waals surface area contributed by atoms with Gasteiger partial charge in [-0.1, -0.05) is 65.2 Å². The highest BCUT2D eigenvalue weighted by Crippen LogP contribution is 2.65. The van der Waals surface area contributed by atoms with Crippen LogP contribution in [-0.4, -0.2) is 51.9 Å². The number of aromatic nitrogens is 1. The number of hydrogen-bond acceptors (Lipinski definition) is 8. The van der Waals surface area contributed by atoms with E-state index in [-0.39, 0.29) is 53.1 Å². The van der Waals surface area contributed by atoms with Crippen LogP contribution in [0.1, 0.15) is 46.6 Å². The number of nitrogens with one attached hydrogen (secondary N) is 1. The summed E-state index contributed by atoms with van der Waals surface area (Å²) in [5, 5.41) is 9.84. The quantitative estimate of drug-likeness (QED) is 0.102. The largest absolute Gasteiger partial charge is 0.491 e. The number of halogens is 11. The number of hydrazine groups is 1. The summed E-state index contributed by atoms with van der Waals surface area (Å²) in [4.78, 5) is 63.1. The van der Waals surface area contributed by atoms with E-state index in [2.05, 4.69) is 10.4 Å². The number of rotatable bonds is 8. The molecular weight excluding hydrogens is 898 g/mol. The first-order valence-electron chi connectivity index (χ1n) is 18.9. The van der Waals surface area contributed by atoms with E-state index in [0.717, 1.165) is 0 Å². The molecule has 4 aromatic rings. The Morgan fingerprint density at radius 1 is 0.794 bits per heavy atom. The summed E-state index contributed by atoms with van der Waals surface area (Å²) in [6, 6.07) is 12.9. The van der Waals surface area contributed by atoms with Gasteiger partial charge in [-0.3, -0.25) is 24.6 Å². The minimum absolute atomic E-state index is 0.102. The van der Waals surface area contributed by atoms with Crippen molar-refractivity contribution in [1.29, 1.82) is 0 Å².